The Morgan fingerprint density at radius 2 is 2.31 bits per heavy atom. The molecule has 0 aromatic carbocycles. The first-order chi connectivity index (χ1) is 7.75. The first-order valence-corrected chi connectivity index (χ1v) is 6.40. The number of amides is 1. The van der Waals surface area contributed by atoms with Crippen LogP contribution in [0.15, 0.2) is 39.6 Å². The Hall–Kier alpha value is -1.20. The monoisotopic (exact) mass is 296 g/mol. The number of aromatic nitrogens is 1. The molecule has 0 unspecified atom stereocenters. The number of hydrogen-bond acceptors (Lipinski definition) is 3. The second-order valence-electron chi connectivity index (χ2n) is 3.18. The van der Waals surface area contributed by atoms with Gasteiger partial charge in [0.15, 0.2) is 0 Å². The van der Waals surface area contributed by atoms with E-state index in [9.17, 15) is 4.79 Å². The van der Waals surface area contributed by atoms with Crippen LogP contribution in [0.2, 0.25) is 0 Å². The van der Waals surface area contributed by atoms with Gasteiger partial charge in [-0.15, -0.1) is 0 Å². The number of pyridine rings is 1. The van der Waals surface area contributed by atoms with E-state index >= 15 is 0 Å². The van der Waals surface area contributed by atoms with Crippen molar-refractivity contribution in [2.24, 2.45) is 0 Å². The molecule has 0 aliphatic rings. The van der Waals surface area contributed by atoms with Crippen LogP contribution in [-0.4, -0.2) is 10.9 Å². The molecule has 0 spiro atoms. The Balaban J connectivity index is 1.95. The van der Waals surface area contributed by atoms with E-state index in [1.807, 2.05) is 16.8 Å². The molecule has 3 nitrogen and oxygen atoms in total. The Morgan fingerprint density at radius 1 is 1.44 bits per heavy atom. The molecule has 0 saturated heterocycles. The van der Waals surface area contributed by atoms with Crippen molar-refractivity contribution in [3.63, 3.8) is 0 Å². The molecule has 2 aromatic rings. The van der Waals surface area contributed by atoms with Gasteiger partial charge in [0.2, 0.25) is 0 Å². The molecule has 0 aliphatic heterocycles. The molecule has 0 aliphatic carbocycles. The minimum atomic E-state index is -0.154. The predicted octanol–water partition coefficient (Wildman–Crippen LogP) is 2.84. The van der Waals surface area contributed by atoms with Gasteiger partial charge in [0.25, 0.3) is 5.91 Å². The van der Waals surface area contributed by atoms with Crippen LogP contribution in [0.1, 0.15) is 16.1 Å². The van der Waals surface area contributed by atoms with Crippen LogP contribution in [-0.2, 0) is 6.54 Å². The van der Waals surface area contributed by atoms with Crippen LogP contribution >= 0.6 is 27.3 Å². The van der Waals surface area contributed by atoms with Crippen molar-refractivity contribution in [1.29, 1.82) is 0 Å². The molecule has 2 rings (SSSR count). The van der Waals surface area contributed by atoms with Crippen molar-refractivity contribution in [2.45, 2.75) is 6.54 Å². The smallest absolute Gasteiger partial charge is 0.270 e. The number of rotatable bonds is 3. The molecule has 0 bridgehead atoms. The summed E-state index contributed by atoms with van der Waals surface area (Å²) in [6.45, 7) is 0.542. The summed E-state index contributed by atoms with van der Waals surface area (Å²) >= 11 is 4.89. The van der Waals surface area contributed by atoms with Crippen molar-refractivity contribution in [3.8, 4) is 0 Å². The molecule has 16 heavy (non-hydrogen) atoms. The largest absolute Gasteiger partial charge is 0.347 e. The minimum Gasteiger partial charge on any atom is -0.347 e. The summed E-state index contributed by atoms with van der Waals surface area (Å²) in [6, 6.07) is 5.47. The number of nitrogens with zero attached hydrogens (tertiary/aromatic N) is 1. The zero-order valence-electron chi connectivity index (χ0n) is 8.31. The summed E-state index contributed by atoms with van der Waals surface area (Å²) in [4.78, 5) is 15.7. The van der Waals surface area contributed by atoms with Crippen molar-refractivity contribution in [2.75, 3.05) is 0 Å². The van der Waals surface area contributed by atoms with E-state index in [2.05, 4.69) is 26.2 Å². The van der Waals surface area contributed by atoms with Gasteiger partial charge in [-0.25, -0.2) is 4.98 Å². The van der Waals surface area contributed by atoms with Gasteiger partial charge in [0.1, 0.15) is 5.69 Å². The summed E-state index contributed by atoms with van der Waals surface area (Å²) in [5.74, 6) is -0.154. The molecule has 2 aromatic heterocycles. The fraction of sp³-hybridized carbons (Fsp3) is 0.0909. The highest BCUT2D eigenvalue weighted by Crippen LogP contribution is 2.08. The predicted molar refractivity (Wildman–Crippen MR) is 67.4 cm³/mol. The molecule has 5 heteroatoms. The molecule has 1 N–H and O–H groups in total. The highest BCUT2D eigenvalue weighted by molar-refractivity contribution is 9.10. The van der Waals surface area contributed by atoms with Crippen molar-refractivity contribution >= 4 is 33.2 Å². The SMILES string of the molecule is O=C(NCc1ccsc1)c1ccc(Br)cn1. The van der Waals surface area contributed by atoms with Gasteiger partial charge in [0, 0.05) is 17.2 Å². The van der Waals surface area contributed by atoms with Crippen molar-refractivity contribution in [1.82, 2.24) is 10.3 Å². The Kier molecular flexibility index (Phi) is 3.69. The van der Waals surface area contributed by atoms with Crippen LogP contribution in [0.3, 0.4) is 0 Å². The average Bonchev–Trinajstić information content (AvgIpc) is 2.80. The first-order valence-electron chi connectivity index (χ1n) is 4.66. The van der Waals surface area contributed by atoms with Gasteiger partial charge >= 0.3 is 0 Å². The van der Waals surface area contributed by atoms with E-state index in [1.54, 1.807) is 29.7 Å². The lowest BCUT2D eigenvalue weighted by Crippen LogP contribution is -2.23. The maximum Gasteiger partial charge on any atom is 0.270 e. The summed E-state index contributed by atoms with van der Waals surface area (Å²) in [5, 5.41) is 6.81. The number of hydrogen-bond donors (Lipinski definition) is 1. The van der Waals surface area contributed by atoms with E-state index in [4.69, 9.17) is 0 Å². The van der Waals surface area contributed by atoms with Gasteiger partial charge in [-0.05, 0) is 50.5 Å². The summed E-state index contributed by atoms with van der Waals surface area (Å²) in [5.41, 5.74) is 1.54. The van der Waals surface area contributed by atoms with Gasteiger partial charge < -0.3 is 5.32 Å². The minimum absolute atomic E-state index is 0.154. The molecule has 0 fully saturated rings. The second-order valence-corrected chi connectivity index (χ2v) is 4.87. The zero-order chi connectivity index (χ0) is 11.4. The third-order valence-electron chi connectivity index (χ3n) is 1.99. The number of carbonyl (C=O) groups is 1. The zero-order valence-corrected chi connectivity index (χ0v) is 10.7. The molecule has 82 valence electrons. The lowest BCUT2D eigenvalue weighted by molar-refractivity contribution is 0.0946. The third kappa shape index (κ3) is 2.90. The van der Waals surface area contributed by atoms with Gasteiger partial charge in [-0.3, -0.25) is 4.79 Å². The molecular formula is C11H9BrN2OS. The van der Waals surface area contributed by atoms with Crippen LogP contribution < -0.4 is 5.32 Å². The van der Waals surface area contributed by atoms with E-state index in [0.717, 1.165) is 10.0 Å². The number of carbonyl (C=O) groups excluding carboxylic acids is 1. The molecule has 2 heterocycles. The van der Waals surface area contributed by atoms with E-state index in [0.29, 0.717) is 12.2 Å². The highest BCUT2D eigenvalue weighted by atomic mass is 79.9. The Bertz CT molecular complexity index is 467. The Morgan fingerprint density at radius 3 is 2.94 bits per heavy atom. The maximum absolute atomic E-state index is 11.7. The number of thiophene rings is 1. The standard InChI is InChI=1S/C11H9BrN2OS/c12-9-1-2-10(13-6-9)11(15)14-5-8-3-4-16-7-8/h1-4,6-7H,5H2,(H,14,15). The topological polar surface area (TPSA) is 42.0 Å². The van der Waals surface area contributed by atoms with E-state index in [-0.39, 0.29) is 5.91 Å². The third-order valence-corrected chi connectivity index (χ3v) is 3.19. The fourth-order valence-corrected chi connectivity index (χ4v) is 2.08. The van der Waals surface area contributed by atoms with Crippen LogP contribution in [0.4, 0.5) is 0 Å². The second kappa shape index (κ2) is 5.23. The van der Waals surface area contributed by atoms with Gasteiger partial charge in [-0.1, -0.05) is 0 Å². The van der Waals surface area contributed by atoms with Crippen molar-refractivity contribution < 1.29 is 4.79 Å². The number of nitrogens with one attached hydrogen (secondary N) is 1. The molecular weight excluding hydrogens is 288 g/mol. The normalized spacial score (nSPS) is 10.1. The van der Waals surface area contributed by atoms with Gasteiger partial charge in [0.05, 0.1) is 0 Å². The number of halogens is 1. The van der Waals surface area contributed by atoms with Gasteiger partial charge in [-0.2, -0.15) is 11.3 Å². The molecule has 0 atom stereocenters. The van der Waals surface area contributed by atoms with E-state index in [1.165, 1.54) is 0 Å². The Labute approximate surface area is 106 Å². The van der Waals surface area contributed by atoms with Crippen LogP contribution in [0, 0.1) is 0 Å². The lowest BCUT2D eigenvalue weighted by atomic mass is 10.3. The lowest BCUT2D eigenvalue weighted by Gasteiger charge is -2.02. The van der Waals surface area contributed by atoms with Crippen LogP contribution in [0.5, 0.6) is 0 Å². The average molecular weight is 297 g/mol. The molecule has 0 saturated carbocycles. The quantitative estimate of drug-likeness (QED) is 0.946. The molecule has 0 radical (unpaired) electrons. The van der Waals surface area contributed by atoms with Crippen LogP contribution in [0.25, 0.3) is 0 Å². The maximum atomic E-state index is 11.7. The molecule has 1 amide bonds. The summed E-state index contributed by atoms with van der Waals surface area (Å²) in [6.07, 6.45) is 1.61. The van der Waals surface area contributed by atoms with Crippen molar-refractivity contribution in [3.05, 3.63) is 50.9 Å². The summed E-state index contributed by atoms with van der Waals surface area (Å²) in [7, 11) is 0. The summed E-state index contributed by atoms with van der Waals surface area (Å²) < 4.78 is 0.863. The highest BCUT2D eigenvalue weighted by Gasteiger charge is 2.06. The first kappa shape index (κ1) is 11.3. The fourth-order valence-electron chi connectivity index (χ4n) is 1.18. The van der Waals surface area contributed by atoms with E-state index < -0.39 is 0 Å².